The number of amides is 1. The molecule has 9 heteroatoms. The quantitative estimate of drug-likeness (QED) is 0.668. The van der Waals surface area contributed by atoms with Crippen LogP contribution >= 0.6 is 11.6 Å². The molecule has 1 amide bonds. The lowest BCUT2D eigenvalue weighted by Crippen LogP contribution is -2.47. The molecule has 0 saturated carbocycles. The third kappa shape index (κ3) is 3.65. The zero-order valence-corrected chi connectivity index (χ0v) is 16.5. The third-order valence-electron chi connectivity index (χ3n) is 5.44. The maximum absolute atomic E-state index is 12.6. The molecule has 4 heterocycles. The SMILES string of the molecule is O=C(NC[C@@H]1CCCO1)c1nccnc1N1CC(c2nc3cc(Cl)ccc3[nH]2)C1. The number of imidazole rings is 1. The molecule has 0 bridgehead atoms. The highest BCUT2D eigenvalue weighted by Gasteiger charge is 2.34. The molecule has 150 valence electrons. The molecule has 0 spiro atoms. The fraction of sp³-hybridized carbons (Fsp3) is 0.400. The van der Waals surface area contributed by atoms with Crippen molar-refractivity contribution in [1.29, 1.82) is 0 Å². The van der Waals surface area contributed by atoms with Crippen LogP contribution in [0.4, 0.5) is 5.82 Å². The van der Waals surface area contributed by atoms with Crippen LogP contribution in [0.2, 0.25) is 5.02 Å². The summed E-state index contributed by atoms with van der Waals surface area (Å²) in [6, 6.07) is 5.64. The van der Waals surface area contributed by atoms with Crippen LogP contribution in [0.1, 0.15) is 35.1 Å². The number of H-pyrrole nitrogens is 1. The highest BCUT2D eigenvalue weighted by atomic mass is 35.5. The molecule has 2 saturated heterocycles. The summed E-state index contributed by atoms with van der Waals surface area (Å²) in [6.45, 7) is 2.70. The molecule has 3 aromatic rings. The van der Waals surface area contributed by atoms with Crippen molar-refractivity contribution < 1.29 is 9.53 Å². The number of hydrogen-bond acceptors (Lipinski definition) is 6. The summed E-state index contributed by atoms with van der Waals surface area (Å²) in [5, 5.41) is 3.60. The summed E-state index contributed by atoms with van der Waals surface area (Å²) in [6.07, 6.45) is 5.27. The van der Waals surface area contributed by atoms with E-state index in [-0.39, 0.29) is 17.9 Å². The molecule has 0 aliphatic carbocycles. The molecule has 2 aliphatic rings. The predicted molar refractivity (Wildman–Crippen MR) is 109 cm³/mol. The van der Waals surface area contributed by atoms with E-state index in [9.17, 15) is 4.79 Å². The van der Waals surface area contributed by atoms with Gasteiger partial charge in [-0.2, -0.15) is 0 Å². The first-order valence-electron chi connectivity index (χ1n) is 9.78. The number of hydrogen-bond donors (Lipinski definition) is 2. The second-order valence-corrected chi connectivity index (χ2v) is 7.90. The fourth-order valence-electron chi connectivity index (χ4n) is 3.83. The number of nitrogens with zero attached hydrogens (tertiary/aromatic N) is 4. The van der Waals surface area contributed by atoms with Crippen LogP contribution in [0, 0.1) is 0 Å². The van der Waals surface area contributed by atoms with Gasteiger partial charge in [-0.15, -0.1) is 0 Å². The Morgan fingerprint density at radius 1 is 1.31 bits per heavy atom. The van der Waals surface area contributed by atoms with Crippen molar-refractivity contribution in [1.82, 2.24) is 25.3 Å². The van der Waals surface area contributed by atoms with Gasteiger partial charge in [-0.25, -0.2) is 15.0 Å². The van der Waals surface area contributed by atoms with Gasteiger partial charge in [-0.05, 0) is 31.0 Å². The van der Waals surface area contributed by atoms with Gasteiger partial charge >= 0.3 is 0 Å². The van der Waals surface area contributed by atoms with E-state index in [1.807, 2.05) is 18.2 Å². The summed E-state index contributed by atoms with van der Waals surface area (Å²) in [5.74, 6) is 1.55. The molecule has 1 atom stereocenters. The molecule has 2 aromatic heterocycles. The fourth-order valence-corrected chi connectivity index (χ4v) is 4.00. The van der Waals surface area contributed by atoms with Crippen LogP contribution in [-0.2, 0) is 4.74 Å². The van der Waals surface area contributed by atoms with Gasteiger partial charge in [0.15, 0.2) is 11.5 Å². The van der Waals surface area contributed by atoms with E-state index in [1.54, 1.807) is 12.4 Å². The predicted octanol–water partition coefficient (Wildman–Crippen LogP) is 2.52. The number of benzene rings is 1. The van der Waals surface area contributed by atoms with E-state index in [1.165, 1.54) is 0 Å². The molecule has 2 N–H and O–H groups in total. The Hall–Kier alpha value is -2.71. The zero-order valence-electron chi connectivity index (χ0n) is 15.8. The minimum Gasteiger partial charge on any atom is -0.376 e. The first kappa shape index (κ1) is 18.3. The Morgan fingerprint density at radius 3 is 3.00 bits per heavy atom. The lowest BCUT2D eigenvalue weighted by atomic mass is 9.99. The lowest BCUT2D eigenvalue weighted by molar-refractivity contribution is 0.0853. The number of rotatable bonds is 5. The molecule has 0 unspecified atom stereocenters. The molecule has 0 radical (unpaired) electrons. The molecule has 2 aliphatic heterocycles. The molecular weight excluding hydrogens is 392 g/mol. The van der Waals surface area contributed by atoms with Crippen molar-refractivity contribution in [3.8, 4) is 0 Å². The van der Waals surface area contributed by atoms with E-state index in [0.29, 0.717) is 23.1 Å². The van der Waals surface area contributed by atoms with E-state index in [4.69, 9.17) is 16.3 Å². The van der Waals surface area contributed by atoms with Gasteiger partial charge in [0.2, 0.25) is 0 Å². The van der Waals surface area contributed by atoms with Crippen LogP contribution in [0.25, 0.3) is 11.0 Å². The number of carbonyl (C=O) groups is 1. The molecule has 29 heavy (non-hydrogen) atoms. The Balaban J connectivity index is 1.26. The first-order valence-corrected chi connectivity index (χ1v) is 10.2. The summed E-state index contributed by atoms with van der Waals surface area (Å²) < 4.78 is 5.56. The number of carbonyl (C=O) groups excluding carboxylic acids is 1. The average Bonchev–Trinajstić information content (AvgIpc) is 3.34. The Morgan fingerprint density at radius 2 is 2.17 bits per heavy atom. The van der Waals surface area contributed by atoms with Crippen LogP contribution in [0.5, 0.6) is 0 Å². The van der Waals surface area contributed by atoms with Gasteiger partial charge in [0, 0.05) is 43.7 Å². The third-order valence-corrected chi connectivity index (χ3v) is 5.67. The largest absolute Gasteiger partial charge is 0.376 e. The summed E-state index contributed by atoms with van der Waals surface area (Å²) in [5.41, 5.74) is 2.18. The van der Waals surface area contributed by atoms with E-state index >= 15 is 0 Å². The second-order valence-electron chi connectivity index (χ2n) is 7.46. The normalized spacial score (nSPS) is 19.5. The number of anilines is 1. The summed E-state index contributed by atoms with van der Waals surface area (Å²) in [4.78, 5) is 31.4. The van der Waals surface area contributed by atoms with Crippen molar-refractivity contribution in [2.45, 2.75) is 24.9 Å². The van der Waals surface area contributed by atoms with Crippen molar-refractivity contribution in [2.24, 2.45) is 0 Å². The van der Waals surface area contributed by atoms with Crippen molar-refractivity contribution in [3.05, 3.63) is 47.1 Å². The van der Waals surface area contributed by atoms with Crippen molar-refractivity contribution >= 4 is 34.4 Å². The van der Waals surface area contributed by atoms with Crippen LogP contribution in [0.3, 0.4) is 0 Å². The van der Waals surface area contributed by atoms with Crippen molar-refractivity contribution in [2.75, 3.05) is 31.1 Å². The van der Waals surface area contributed by atoms with Gasteiger partial charge < -0.3 is 19.9 Å². The average molecular weight is 413 g/mol. The maximum atomic E-state index is 12.6. The summed E-state index contributed by atoms with van der Waals surface area (Å²) in [7, 11) is 0. The smallest absolute Gasteiger partial charge is 0.273 e. The minimum atomic E-state index is -0.217. The van der Waals surface area contributed by atoms with Crippen LogP contribution in [-0.4, -0.2) is 58.2 Å². The summed E-state index contributed by atoms with van der Waals surface area (Å²) >= 11 is 6.05. The maximum Gasteiger partial charge on any atom is 0.273 e. The number of aromatic amines is 1. The standard InChI is InChI=1S/C20H21ClN6O2/c21-13-3-4-15-16(8-13)26-18(25-15)12-10-27(11-12)19-17(22-5-6-23-19)20(28)24-9-14-2-1-7-29-14/h3-6,8,12,14H,1-2,7,9-11H2,(H,24,28)(H,25,26)/t14-/m0/s1. The van der Waals surface area contributed by atoms with E-state index in [0.717, 1.165) is 49.4 Å². The first-order chi connectivity index (χ1) is 14.2. The number of halogens is 1. The van der Waals surface area contributed by atoms with Gasteiger partial charge in [-0.3, -0.25) is 4.79 Å². The van der Waals surface area contributed by atoms with Gasteiger partial charge in [0.05, 0.1) is 23.1 Å². The molecule has 8 nitrogen and oxygen atoms in total. The Labute approximate surface area is 172 Å². The van der Waals surface area contributed by atoms with Crippen LogP contribution < -0.4 is 10.2 Å². The zero-order chi connectivity index (χ0) is 19.8. The number of aromatic nitrogens is 4. The van der Waals surface area contributed by atoms with E-state index < -0.39 is 0 Å². The molecule has 1 aromatic carbocycles. The van der Waals surface area contributed by atoms with Gasteiger partial charge in [0.1, 0.15) is 5.82 Å². The lowest BCUT2D eigenvalue weighted by Gasteiger charge is -2.39. The topological polar surface area (TPSA) is 96.0 Å². The minimum absolute atomic E-state index is 0.0917. The number of ether oxygens (including phenoxy) is 1. The number of nitrogens with one attached hydrogen (secondary N) is 2. The van der Waals surface area contributed by atoms with Gasteiger partial charge in [0.25, 0.3) is 5.91 Å². The number of fused-ring (bicyclic) bond motifs is 1. The molecule has 5 rings (SSSR count). The molecule has 2 fully saturated rings. The molecular formula is C20H21ClN6O2. The highest BCUT2D eigenvalue weighted by Crippen LogP contribution is 2.31. The van der Waals surface area contributed by atoms with Gasteiger partial charge in [-0.1, -0.05) is 11.6 Å². The highest BCUT2D eigenvalue weighted by molar-refractivity contribution is 6.31. The van der Waals surface area contributed by atoms with Crippen molar-refractivity contribution in [3.63, 3.8) is 0 Å². The Kier molecular flexibility index (Phi) is 4.81. The Bertz CT molecular complexity index is 1040. The van der Waals surface area contributed by atoms with Crippen LogP contribution in [0.15, 0.2) is 30.6 Å². The van der Waals surface area contributed by atoms with E-state index in [2.05, 4.69) is 30.2 Å². The monoisotopic (exact) mass is 412 g/mol. The second kappa shape index (κ2) is 7.61.